The van der Waals surface area contributed by atoms with Crippen molar-refractivity contribution in [3.63, 3.8) is 0 Å². The third-order valence-corrected chi connectivity index (χ3v) is 3.84. The Morgan fingerprint density at radius 2 is 2.10 bits per heavy atom. The Bertz CT molecular complexity index is 210. The largest absolute Gasteiger partial charge is 0.383 e. The smallest absolute Gasteiger partial charge is 0.127 e. The predicted octanol–water partition coefficient (Wildman–Crippen LogP) is 2.18. The zero-order chi connectivity index (χ0) is 7.72. The number of hydrogen-bond donors (Lipinski definition) is 1. The molecule has 1 heterocycles. The van der Waals surface area contributed by atoms with Crippen molar-refractivity contribution in [1.29, 1.82) is 0 Å². The molecule has 2 N–H and O–H groups in total. The van der Waals surface area contributed by atoms with E-state index in [1.807, 2.05) is 13.0 Å². The zero-order valence-electron chi connectivity index (χ0n) is 5.36. The molecule has 0 aliphatic carbocycles. The van der Waals surface area contributed by atoms with E-state index < -0.39 is 0 Å². The molecule has 54 valence electrons. The molecule has 2 nitrogen and oxygen atoms in total. The number of nitrogens with zero attached hydrogens (tertiary/aromatic N) is 1. The van der Waals surface area contributed by atoms with Gasteiger partial charge in [0, 0.05) is 3.57 Å². The van der Waals surface area contributed by atoms with E-state index in [4.69, 9.17) is 5.73 Å². The van der Waals surface area contributed by atoms with Gasteiger partial charge in [0.25, 0.3) is 0 Å². The SMILES string of the molecule is Cc1cc(I)c(I)nc1N. The van der Waals surface area contributed by atoms with Crippen molar-refractivity contribution in [2.45, 2.75) is 6.92 Å². The minimum atomic E-state index is 0.629. The lowest BCUT2D eigenvalue weighted by atomic mass is 10.3. The first kappa shape index (κ1) is 8.51. The first-order valence-electron chi connectivity index (χ1n) is 2.69. The van der Waals surface area contributed by atoms with Gasteiger partial charge in [0.1, 0.15) is 9.52 Å². The molecule has 0 atom stereocenters. The van der Waals surface area contributed by atoms with Crippen molar-refractivity contribution in [3.8, 4) is 0 Å². The van der Waals surface area contributed by atoms with Crippen molar-refractivity contribution in [3.05, 3.63) is 18.9 Å². The highest BCUT2D eigenvalue weighted by Gasteiger charge is 2.00. The summed E-state index contributed by atoms with van der Waals surface area (Å²) in [6, 6.07) is 2.03. The van der Waals surface area contributed by atoms with Crippen molar-refractivity contribution in [2.75, 3.05) is 5.73 Å². The summed E-state index contributed by atoms with van der Waals surface area (Å²) >= 11 is 4.41. The second-order valence-corrected chi connectivity index (χ2v) is 4.15. The van der Waals surface area contributed by atoms with E-state index >= 15 is 0 Å². The molecule has 0 radical (unpaired) electrons. The average Bonchev–Trinajstić information content (AvgIpc) is 1.84. The van der Waals surface area contributed by atoms with Crippen molar-refractivity contribution < 1.29 is 0 Å². The third kappa shape index (κ3) is 1.71. The molecular weight excluding hydrogens is 354 g/mol. The molecule has 10 heavy (non-hydrogen) atoms. The zero-order valence-corrected chi connectivity index (χ0v) is 9.67. The molecule has 0 aromatic carbocycles. The van der Waals surface area contributed by atoms with Gasteiger partial charge < -0.3 is 5.73 Å². The van der Waals surface area contributed by atoms with E-state index in [2.05, 4.69) is 50.2 Å². The fourth-order valence-electron chi connectivity index (χ4n) is 0.571. The molecule has 4 heteroatoms. The lowest BCUT2D eigenvalue weighted by molar-refractivity contribution is 1.22. The maximum Gasteiger partial charge on any atom is 0.127 e. The Hall–Kier alpha value is 0.410. The Morgan fingerprint density at radius 1 is 1.50 bits per heavy atom. The number of halogens is 2. The molecule has 0 aliphatic rings. The van der Waals surface area contributed by atoms with Crippen molar-refractivity contribution >= 4 is 51.0 Å². The monoisotopic (exact) mass is 360 g/mol. The van der Waals surface area contributed by atoms with Crippen LogP contribution in [0.2, 0.25) is 0 Å². The maximum atomic E-state index is 5.57. The van der Waals surface area contributed by atoms with Crippen molar-refractivity contribution in [1.82, 2.24) is 4.98 Å². The van der Waals surface area contributed by atoms with E-state index in [-0.39, 0.29) is 0 Å². The summed E-state index contributed by atoms with van der Waals surface area (Å²) in [7, 11) is 0. The van der Waals surface area contributed by atoms with Crippen LogP contribution in [0, 0.1) is 14.2 Å². The number of aromatic nitrogens is 1. The van der Waals surface area contributed by atoms with Gasteiger partial charge in [-0.3, -0.25) is 0 Å². The molecule has 1 aromatic heterocycles. The molecule has 0 aliphatic heterocycles. The normalized spacial score (nSPS) is 9.90. The van der Waals surface area contributed by atoms with Gasteiger partial charge in [-0.25, -0.2) is 4.98 Å². The van der Waals surface area contributed by atoms with Crippen LogP contribution < -0.4 is 5.73 Å². The van der Waals surface area contributed by atoms with E-state index in [0.717, 1.165) is 12.8 Å². The summed E-state index contributed by atoms with van der Waals surface area (Å²) < 4.78 is 2.13. The highest BCUT2D eigenvalue weighted by Crippen LogP contribution is 2.17. The van der Waals surface area contributed by atoms with Crippen molar-refractivity contribution in [2.24, 2.45) is 0 Å². The number of hydrogen-bond acceptors (Lipinski definition) is 2. The van der Waals surface area contributed by atoms with Gasteiger partial charge in [-0.05, 0) is 63.7 Å². The van der Waals surface area contributed by atoms with Gasteiger partial charge in [-0.2, -0.15) is 0 Å². The Labute approximate surface area is 86.9 Å². The average molecular weight is 360 g/mol. The molecule has 0 saturated carbocycles. The Morgan fingerprint density at radius 3 is 2.60 bits per heavy atom. The van der Waals surface area contributed by atoms with E-state index in [9.17, 15) is 0 Å². The number of pyridine rings is 1. The minimum Gasteiger partial charge on any atom is -0.383 e. The molecule has 0 fully saturated rings. The fraction of sp³-hybridized carbons (Fsp3) is 0.167. The minimum absolute atomic E-state index is 0.629. The molecule has 0 unspecified atom stereocenters. The molecule has 0 spiro atoms. The van der Waals surface area contributed by atoms with Crippen LogP contribution in [0.1, 0.15) is 5.56 Å². The second kappa shape index (κ2) is 3.21. The Balaban J connectivity index is 3.28. The number of nitrogen functional groups attached to an aromatic ring is 1. The summed E-state index contributed by atoms with van der Waals surface area (Å²) in [5.41, 5.74) is 6.62. The van der Waals surface area contributed by atoms with Crippen LogP contribution in [0.25, 0.3) is 0 Å². The highest BCUT2D eigenvalue weighted by atomic mass is 127. The second-order valence-electron chi connectivity index (χ2n) is 1.96. The summed E-state index contributed by atoms with van der Waals surface area (Å²) in [4.78, 5) is 4.13. The van der Waals surface area contributed by atoms with Crippen LogP contribution in [-0.4, -0.2) is 4.98 Å². The lowest BCUT2D eigenvalue weighted by Gasteiger charge is -2.00. The van der Waals surface area contributed by atoms with Gasteiger partial charge >= 0.3 is 0 Å². The molecular formula is C6H6I2N2. The maximum absolute atomic E-state index is 5.57. The topological polar surface area (TPSA) is 38.9 Å². The van der Waals surface area contributed by atoms with Crippen LogP contribution in [0.3, 0.4) is 0 Å². The third-order valence-electron chi connectivity index (χ3n) is 1.16. The summed E-state index contributed by atoms with van der Waals surface area (Å²) in [5.74, 6) is 0.629. The van der Waals surface area contributed by atoms with Gasteiger partial charge in [0.2, 0.25) is 0 Å². The van der Waals surface area contributed by atoms with Gasteiger partial charge in [-0.15, -0.1) is 0 Å². The van der Waals surface area contributed by atoms with Crippen LogP contribution in [-0.2, 0) is 0 Å². The van der Waals surface area contributed by atoms with Gasteiger partial charge in [-0.1, -0.05) is 0 Å². The van der Waals surface area contributed by atoms with Crippen LogP contribution in [0.5, 0.6) is 0 Å². The molecule has 0 bridgehead atoms. The summed E-state index contributed by atoms with van der Waals surface area (Å²) in [6.07, 6.45) is 0. The molecule has 0 amide bonds. The van der Waals surface area contributed by atoms with Crippen LogP contribution in [0.15, 0.2) is 6.07 Å². The summed E-state index contributed by atoms with van der Waals surface area (Å²) in [6.45, 7) is 1.96. The van der Waals surface area contributed by atoms with E-state index in [0.29, 0.717) is 5.82 Å². The van der Waals surface area contributed by atoms with E-state index in [1.54, 1.807) is 0 Å². The number of rotatable bonds is 0. The van der Waals surface area contributed by atoms with Crippen LogP contribution in [0.4, 0.5) is 5.82 Å². The fourth-order valence-corrected chi connectivity index (χ4v) is 1.57. The molecule has 1 aromatic rings. The molecule has 1 rings (SSSR count). The number of aryl methyl sites for hydroxylation is 1. The summed E-state index contributed by atoms with van der Waals surface area (Å²) in [5, 5.41) is 0. The van der Waals surface area contributed by atoms with Crippen LogP contribution >= 0.6 is 45.2 Å². The van der Waals surface area contributed by atoms with E-state index in [1.165, 1.54) is 0 Å². The molecule has 0 saturated heterocycles. The lowest BCUT2D eigenvalue weighted by Crippen LogP contribution is -1.97. The van der Waals surface area contributed by atoms with Gasteiger partial charge in [0.15, 0.2) is 0 Å². The Kier molecular flexibility index (Phi) is 2.73. The first-order chi connectivity index (χ1) is 4.61. The predicted molar refractivity (Wildman–Crippen MR) is 58.8 cm³/mol. The number of anilines is 1. The highest BCUT2D eigenvalue weighted by molar-refractivity contribution is 14.1. The quantitative estimate of drug-likeness (QED) is 0.569. The first-order valence-corrected chi connectivity index (χ1v) is 4.85. The van der Waals surface area contributed by atoms with Gasteiger partial charge in [0.05, 0.1) is 0 Å². The number of nitrogens with two attached hydrogens (primary N) is 1. The standard InChI is InChI=1S/C6H6I2N2/c1-3-2-4(7)5(8)10-6(3)9/h2H,1H3,(H2,9,10).